The van der Waals surface area contributed by atoms with E-state index in [9.17, 15) is 23.4 Å². The fourth-order valence-corrected chi connectivity index (χ4v) is 4.52. The van der Waals surface area contributed by atoms with Crippen molar-refractivity contribution in [1.82, 2.24) is 10.0 Å². The Bertz CT molecular complexity index is 972. The highest BCUT2D eigenvalue weighted by Crippen LogP contribution is 2.25. The van der Waals surface area contributed by atoms with E-state index < -0.39 is 33.7 Å². The van der Waals surface area contributed by atoms with Crippen LogP contribution in [0.5, 0.6) is 0 Å². The molecule has 4 N–H and O–H groups in total. The van der Waals surface area contributed by atoms with Crippen molar-refractivity contribution in [2.24, 2.45) is 0 Å². The molecule has 1 fully saturated rings. The van der Waals surface area contributed by atoms with Gasteiger partial charge in [0.15, 0.2) is 0 Å². The lowest BCUT2D eigenvalue weighted by molar-refractivity contribution is -0.0462. The van der Waals surface area contributed by atoms with Crippen LogP contribution in [0.15, 0.2) is 59.5 Å². The summed E-state index contributed by atoms with van der Waals surface area (Å²) in [5, 5.41) is 23.7. The summed E-state index contributed by atoms with van der Waals surface area (Å²) in [5.41, 5.74) is -1.33. The first-order chi connectivity index (χ1) is 13.7. The molecule has 1 amide bonds. The van der Waals surface area contributed by atoms with Gasteiger partial charge >= 0.3 is 0 Å². The second-order valence-electron chi connectivity index (χ2n) is 6.73. The van der Waals surface area contributed by atoms with E-state index in [1.54, 1.807) is 36.4 Å². The van der Waals surface area contributed by atoms with Crippen LogP contribution in [0.25, 0.3) is 0 Å². The monoisotopic (exact) mass is 440 g/mol. The van der Waals surface area contributed by atoms with E-state index in [1.165, 1.54) is 18.2 Å². The van der Waals surface area contributed by atoms with Gasteiger partial charge in [0.2, 0.25) is 10.0 Å². The summed E-state index contributed by atoms with van der Waals surface area (Å²) in [6.45, 7) is -0.791. The maximum absolute atomic E-state index is 12.4. The number of carbonyl (C=O) groups excluding carboxylic acids is 1. The molecule has 2 aromatic carbocycles. The Morgan fingerprint density at radius 2 is 1.83 bits per heavy atom. The first kappa shape index (κ1) is 21.7. The van der Waals surface area contributed by atoms with E-state index in [4.69, 9.17) is 16.3 Å². The minimum absolute atomic E-state index is 0.0630. The highest BCUT2D eigenvalue weighted by atomic mass is 35.5. The topological polar surface area (TPSA) is 125 Å². The molecule has 0 aromatic heterocycles. The van der Waals surface area contributed by atoms with Gasteiger partial charge in [0.05, 0.1) is 18.2 Å². The van der Waals surface area contributed by atoms with Crippen LogP contribution >= 0.6 is 11.6 Å². The average Bonchev–Trinajstić information content (AvgIpc) is 3.00. The van der Waals surface area contributed by atoms with Crippen molar-refractivity contribution >= 4 is 27.5 Å². The molecule has 3 rings (SSSR count). The summed E-state index contributed by atoms with van der Waals surface area (Å²) in [4.78, 5) is 12.0. The van der Waals surface area contributed by atoms with E-state index in [0.29, 0.717) is 5.56 Å². The number of amides is 1. The molecule has 0 unspecified atom stereocenters. The molecule has 0 bridgehead atoms. The normalized spacial score (nSPS) is 24.4. The number of aliphatic hydroxyl groups excluding tert-OH is 1. The van der Waals surface area contributed by atoms with E-state index in [2.05, 4.69) is 10.0 Å². The van der Waals surface area contributed by atoms with Gasteiger partial charge in [0.1, 0.15) is 22.7 Å². The molecule has 8 nitrogen and oxygen atoms in total. The van der Waals surface area contributed by atoms with Crippen molar-refractivity contribution in [3.8, 4) is 0 Å². The molecule has 1 aliphatic heterocycles. The number of hydrogen-bond acceptors (Lipinski definition) is 6. The highest BCUT2D eigenvalue weighted by molar-refractivity contribution is 7.89. The van der Waals surface area contributed by atoms with Crippen molar-refractivity contribution < 1.29 is 28.2 Å². The van der Waals surface area contributed by atoms with Crippen molar-refractivity contribution in [3.05, 3.63) is 65.2 Å². The van der Waals surface area contributed by atoms with Gasteiger partial charge in [0.25, 0.3) is 5.91 Å². The van der Waals surface area contributed by atoms with E-state index in [-0.39, 0.29) is 29.6 Å². The van der Waals surface area contributed by atoms with Crippen LogP contribution in [0.4, 0.5) is 0 Å². The first-order valence-electron chi connectivity index (χ1n) is 8.82. The number of sulfonamides is 1. The molecule has 29 heavy (non-hydrogen) atoms. The van der Waals surface area contributed by atoms with Gasteiger partial charge in [-0.1, -0.05) is 41.9 Å². The Morgan fingerprint density at radius 3 is 2.52 bits per heavy atom. The maximum atomic E-state index is 12.4. The summed E-state index contributed by atoms with van der Waals surface area (Å²) in [5.74, 6) is -0.408. The van der Waals surface area contributed by atoms with Gasteiger partial charge in [-0.05, 0) is 24.3 Å². The molecular formula is C19H21ClN2O6S. The molecular weight excluding hydrogens is 420 g/mol. The zero-order valence-electron chi connectivity index (χ0n) is 15.3. The second-order valence-corrected chi connectivity index (χ2v) is 8.87. The molecule has 0 aliphatic carbocycles. The van der Waals surface area contributed by atoms with E-state index in [0.717, 1.165) is 0 Å². The number of hydrogen-bond donors (Lipinski definition) is 4. The van der Waals surface area contributed by atoms with Crippen LogP contribution in [0.2, 0.25) is 5.02 Å². The third kappa shape index (κ3) is 4.95. The van der Waals surface area contributed by atoms with E-state index >= 15 is 0 Å². The van der Waals surface area contributed by atoms with Crippen LogP contribution in [-0.2, 0) is 14.8 Å². The largest absolute Gasteiger partial charge is 0.387 e. The Labute approximate surface area is 173 Å². The predicted octanol–water partition coefficient (Wildman–Crippen LogP) is 0.539. The minimum Gasteiger partial charge on any atom is -0.387 e. The summed E-state index contributed by atoms with van der Waals surface area (Å²) < 4.78 is 32.5. The van der Waals surface area contributed by atoms with Crippen LogP contribution in [0, 0.1) is 0 Å². The molecule has 2 aromatic rings. The van der Waals surface area contributed by atoms with Crippen LogP contribution in [0.1, 0.15) is 10.4 Å². The Kier molecular flexibility index (Phi) is 6.57. The summed E-state index contributed by atoms with van der Waals surface area (Å²) >= 11 is 5.92. The number of aliphatic hydroxyl groups is 2. The lowest BCUT2D eigenvalue weighted by Crippen LogP contribution is -2.53. The van der Waals surface area contributed by atoms with Crippen molar-refractivity contribution in [2.75, 3.05) is 19.7 Å². The highest BCUT2D eigenvalue weighted by Gasteiger charge is 2.48. The van der Waals surface area contributed by atoms with Crippen molar-refractivity contribution in [1.29, 1.82) is 0 Å². The number of benzene rings is 2. The molecule has 0 radical (unpaired) electrons. The zero-order valence-corrected chi connectivity index (χ0v) is 16.9. The Morgan fingerprint density at radius 1 is 1.17 bits per heavy atom. The molecule has 3 atom stereocenters. The van der Waals surface area contributed by atoms with Gasteiger partial charge in [-0.25, -0.2) is 13.1 Å². The summed E-state index contributed by atoms with van der Waals surface area (Å²) in [6, 6.07) is 14.4. The lowest BCUT2D eigenvalue weighted by atomic mass is 9.96. The summed E-state index contributed by atoms with van der Waals surface area (Å²) in [7, 11) is -3.93. The van der Waals surface area contributed by atoms with Gasteiger partial charge < -0.3 is 20.3 Å². The van der Waals surface area contributed by atoms with Crippen LogP contribution in [0.3, 0.4) is 0 Å². The van der Waals surface area contributed by atoms with Crippen LogP contribution < -0.4 is 10.0 Å². The van der Waals surface area contributed by atoms with Crippen molar-refractivity contribution in [3.63, 3.8) is 0 Å². The second kappa shape index (κ2) is 8.78. The molecule has 10 heteroatoms. The number of ether oxygens (including phenoxy) is 1. The maximum Gasteiger partial charge on any atom is 0.251 e. The van der Waals surface area contributed by atoms with Gasteiger partial charge in [-0.15, -0.1) is 0 Å². The Hall–Kier alpha value is -2.01. The average molecular weight is 441 g/mol. The number of nitrogens with one attached hydrogen (secondary N) is 2. The van der Waals surface area contributed by atoms with Gasteiger partial charge in [-0.2, -0.15) is 0 Å². The van der Waals surface area contributed by atoms with Gasteiger partial charge in [0, 0.05) is 12.1 Å². The SMILES string of the molecule is O=C(NC[C@@]1(O)CO[C@H](CNS(=O)(=O)c2ccccc2Cl)[C@@H]1O)c1ccccc1. The minimum atomic E-state index is -3.93. The number of halogens is 1. The molecule has 0 spiro atoms. The van der Waals surface area contributed by atoms with E-state index in [1.807, 2.05) is 0 Å². The smallest absolute Gasteiger partial charge is 0.251 e. The Balaban J connectivity index is 1.58. The fourth-order valence-electron chi connectivity index (χ4n) is 2.96. The predicted molar refractivity (Wildman–Crippen MR) is 106 cm³/mol. The molecule has 1 heterocycles. The van der Waals surface area contributed by atoms with Gasteiger partial charge in [-0.3, -0.25) is 4.79 Å². The standard InChI is InChI=1S/C19H21ClN2O6S/c20-14-8-4-5-9-16(14)29(26,27)22-10-15-17(23)19(25,12-28-15)11-21-18(24)13-6-2-1-3-7-13/h1-9,15,17,22-23,25H,10-12H2,(H,21,24)/t15-,17+,19-/m1/s1. The first-order valence-corrected chi connectivity index (χ1v) is 10.7. The third-order valence-electron chi connectivity index (χ3n) is 4.64. The number of rotatable bonds is 7. The van der Waals surface area contributed by atoms with Crippen LogP contribution in [-0.4, -0.2) is 62.0 Å². The summed E-state index contributed by atoms with van der Waals surface area (Å²) in [6.07, 6.45) is -2.40. The fraction of sp³-hybridized carbons (Fsp3) is 0.316. The molecule has 156 valence electrons. The quantitative estimate of drug-likeness (QED) is 0.498. The molecule has 1 aliphatic rings. The zero-order chi connectivity index (χ0) is 21.1. The molecule has 0 saturated carbocycles. The lowest BCUT2D eigenvalue weighted by Gasteiger charge is -2.26. The number of carbonyl (C=O) groups is 1. The van der Waals surface area contributed by atoms with Crippen molar-refractivity contribution in [2.45, 2.75) is 22.7 Å². The molecule has 1 saturated heterocycles. The third-order valence-corrected chi connectivity index (χ3v) is 6.57.